The maximum absolute atomic E-state index is 13.2. The molecule has 0 saturated carbocycles. The van der Waals surface area contributed by atoms with Gasteiger partial charge in [0, 0.05) is 6.54 Å². The summed E-state index contributed by atoms with van der Waals surface area (Å²) in [5.41, 5.74) is 2.45. The Morgan fingerprint density at radius 2 is 1.86 bits per heavy atom. The van der Waals surface area contributed by atoms with Gasteiger partial charge in [0.25, 0.3) is 5.91 Å². The Morgan fingerprint density at radius 3 is 2.43 bits per heavy atom. The molecule has 9 nitrogen and oxygen atoms in total. The zero-order chi connectivity index (χ0) is 20.5. The molecule has 3 rings (SSSR count). The number of phenolic OH excluding ortho intramolecular Hbond substituents is 1. The SMILES string of the molecule is COc1ccc(S(=O)(=O)N2CCc3cc(O)c(OC)cc3[C@@H]2C(=O)NO)cc1. The summed E-state index contributed by atoms with van der Waals surface area (Å²) in [6.45, 7) is -0.00871. The minimum atomic E-state index is -4.06. The fraction of sp³-hybridized carbons (Fsp3) is 0.278. The van der Waals surface area contributed by atoms with Crippen molar-refractivity contribution in [3.05, 3.63) is 47.5 Å². The zero-order valence-corrected chi connectivity index (χ0v) is 16.1. The van der Waals surface area contributed by atoms with Crippen molar-refractivity contribution in [1.82, 2.24) is 9.79 Å². The number of sulfonamides is 1. The summed E-state index contributed by atoms with van der Waals surface area (Å²) in [7, 11) is -1.25. The topological polar surface area (TPSA) is 125 Å². The Bertz CT molecular complexity index is 990. The molecule has 0 unspecified atom stereocenters. The van der Waals surface area contributed by atoms with Crippen LogP contribution in [-0.4, -0.2) is 49.7 Å². The molecule has 2 aromatic carbocycles. The van der Waals surface area contributed by atoms with E-state index in [9.17, 15) is 23.5 Å². The van der Waals surface area contributed by atoms with Gasteiger partial charge in [0.05, 0.1) is 19.1 Å². The molecule has 1 atom stereocenters. The summed E-state index contributed by atoms with van der Waals surface area (Å²) in [6, 6.07) is 7.29. The van der Waals surface area contributed by atoms with Crippen LogP contribution in [0.4, 0.5) is 0 Å². The number of nitrogens with zero attached hydrogens (tertiary/aromatic N) is 1. The lowest BCUT2D eigenvalue weighted by Crippen LogP contribution is -2.46. The van der Waals surface area contributed by atoms with E-state index >= 15 is 0 Å². The number of fused-ring (bicyclic) bond motifs is 1. The highest BCUT2D eigenvalue weighted by molar-refractivity contribution is 7.89. The van der Waals surface area contributed by atoms with Gasteiger partial charge in [0.15, 0.2) is 11.5 Å². The van der Waals surface area contributed by atoms with Crippen LogP contribution in [0.5, 0.6) is 17.2 Å². The molecule has 0 aromatic heterocycles. The highest BCUT2D eigenvalue weighted by Crippen LogP contribution is 2.40. The summed E-state index contributed by atoms with van der Waals surface area (Å²) in [6.07, 6.45) is 0.275. The summed E-state index contributed by atoms with van der Waals surface area (Å²) < 4.78 is 37.5. The largest absolute Gasteiger partial charge is 0.504 e. The van der Waals surface area contributed by atoms with Gasteiger partial charge in [-0.05, 0) is 53.9 Å². The van der Waals surface area contributed by atoms with Gasteiger partial charge in [-0.25, -0.2) is 13.9 Å². The average Bonchev–Trinajstić information content (AvgIpc) is 2.71. The molecule has 3 N–H and O–H groups in total. The standard InChI is InChI=1S/C18H20N2O7S/c1-26-12-3-5-13(6-4-12)28(24,25)20-8-7-11-9-15(21)16(27-2)10-14(11)17(20)18(22)19-23/h3-6,9-10,17,21,23H,7-8H2,1-2H3,(H,19,22)/t17-/m1/s1. The van der Waals surface area contributed by atoms with E-state index in [1.165, 1.54) is 56.1 Å². The number of amides is 1. The van der Waals surface area contributed by atoms with Crippen LogP contribution in [0.15, 0.2) is 41.3 Å². The normalized spacial score (nSPS) is 16.9. The molecule has 150 valence electrons. The molecular formula is C18H20N2O7S. The number of methoxy groups -OCH3 is 2. The molecule has 0 radical (unpaired) electrons. The minimum Gasteiger partial charge on any atom is -0.504 e. The number of aromatic hydroxyl groups is 1. The number of rotatable bonds is 5. The van der Waals surface area contributed by atoms with E-state index in [0.29, 0.717) is 16.9 Å². The fourth-order valence-electron chi connectivity index (χ4n) is 3.25. The van der Waals surface area contributed by atoms with Gasteiger partial charge in [0.2, 0.25) is 10.0 Å². The Labute approximate surface area is 162 Å². The van der Waals surface area contributed by atoms with Gasteiger partial charge in [-0.3, -0.25) is 10.0 Å². The van der Waals surface area contributed by atoms with Crippen LogP contribution in [0.1, 0.15) is 17.2 Å². The summed E-state index contributed by atoms with van der Waals surface area (Å²) in [5.74, 6) is -0.437. The monoisotopic (exact) mass is 408 g/mol. The minimum absolute atomic E-state index is 0.00871. The van der Waals surface area contributed by atoms with E-state index in [4.69, 9.17) is 9.47 Å². The number of ether oxygens (including phenoxy) is 2. The fourth-order valence-corrected chi connectivity index (χ4v) is 4.82. The van der Waals surface area contributed by atoms with Crippen LogP contribution in [0.2, 0.25) is 0 Å². The van der Waals surface area contributed by atoms with Crippen molar-refractivity contribution in [3.63, 3.8) is 0 Å². The van der Waals surface area contributed by atoms with Gasteiger partial charge in [-0.2, -0.15) is 4.31 Å². The number of phenols is 1. The molecule has 0 spiro atoms. The first-order valence-corrected chi connectivity index (χ1v) is 9.77. The number of benzene rings is 2. The van der Waals surface area contributed by atoms with Crippen LogP contribution in [-0.2, 0) is 21.2 Å². The molecule has 0 saturated heterocycles. The Morgan fingerprint density at radius 1 is 1.18 bits per heavy atom. The predicted molar refractivity (Wildman–Crippen MR) is 97.9 cm³/mol. The molecule has 1 amide bonds. The Hall–Kier alpha value is -2.82. The van der Waals surface area contributed by atoms with E-state index in [1.807, 2.05) is 0 Å². The number of hydroxylamine groups is 1. The van der Waals surface area contributed by atoms with Crippen LogP contribution in [0.25, 0.3) is 0 Å². The molecule has 1 aliphatic rings. The molecule has 1 aliphatic heterocycles. The summed E-state index contributed by atoms with van der Waals surface area (Å²) in [4.78, 5) is 12.4. The average molecular weight is 408 g/mol. The molecule has 2 aromatic rings. The van der Waals surface area contributed by atoms with Crippen molar-refractivity contribution in [2.45, 2.75) is 17.4 Å². The van der Waals surface area contributed by atoms with Crippen molar-refractivity contribution >= 4 is 15.9 Å². The quantitative estimate of drug-likeness (QED) is 0.501. The first-order valence-electron chi connectivity index (χ1n) is 8.33. The van der Waals surface area contributed by atoms with Crippen LogP contribution in [0.3, 0.4) is 0 Å². The molecule has 0 bridgehead atoms. The van der Waals surface area contributed by atoms with E-state index < -0.39 is 22.0 Å². The van der Waals surface area contributed by atoms with E-state index in [1.54, 1.807) is 0 Å². The number of nitrogens with one attached hydrogen (secondary N) is 1. The van der Waals surface area contributed by atoms with Crippen molar-refractivity contribution in [3.8, 4) is 17.2 Å². The number of hydrogen-bond donors (Lipinski definition) is 3. The van der Waals surface area contributed by atoms with E-state index in [2.05, 4.69) is 0 Å². The maximum Gasteiger partial charge on any atom is 0.266 e. The van der Waals surface area contributed by atoms with Crippen molar-refractivity contribution < 1.29 is 33.0 Å². The Balaban J connectivity index is 2.11. The molecular weight excluding hydrogens is 388 g/mol. The third kappa shape index (κ3) is 3.37. The second-order valence-corrected chi connectivity index (χ2v) is 8.03. The number of carbonyl (C=O) groups is 1. The van der Waals surface area contributed by atoms with Crippen LogP contribution < -0.4 is 15.0 Å². The lowest BCUT2D eigenvalue weighted by atomic mass is 9.93. The van der Waals surface area contributed by atoms with Crippen LogP contribution >= 0.6 is 0 Å². The van der Waals surface area contributed by atoms with Gasteiger partial charge >= 0.3 is 0 Å². The lowest BCUT2D eigenvalue weighted by Gasteiger charge is -2.35. The molecule has 10 heteroatoms. The van der Waals surface area contributed by atoms with E-state index in [0.717, 1.165) is 4.31 Å². The Kier molecular flexibility index (Phi) is 5.45. The second kappa shape index (κ2) is 7.66. The molecule has 28 heavy (non-hydrogen) atoms. The third-order valence-electron chi connectivity index (χ3n) is 4.65. The third-order valence-corrected chi connectivity index (χ3v) is 6.53. The summed E-state index contributed by atoms with van der Waals surface area (Å²) >= 11 is 0. The summed E-state index contributed by atoms with van der Waals surface area (Å²) in [5, 5.41) is 19.2. The van der Waals surface area contributed by atoms with Gasteiger partial charge in [0.1, 0.15) is 11.8 Å². The van der Waals surface area contributed by atoms with Crippen LogP contribution in [0, 0.1) is 0 Å². The zero-order valence-electron chi connectivity index (χ0n) is 15.2. The first kappa shape index (κ1) is 19.9. The first-order chi connectivity index (χ1) is 13.3. The smallest absolute Gasteiger partial charge is 0.266 e. The number of carbonyl (C=O) groups excluding carboxylic acids is 1. The van der Waals surface area contributed by atoms with E-state index in [-0.39, 0.29) is 29.4 Å². The van der Waals surface area contributed by atoms with Crippen molar-refractivity contribution in [2.75, 3.05) is 20.8 Å². The predicted octanol–water partition coefficient (Wildman–Crippen LogP) is 1.20. The molecule has 1 heterocycles. The van der Waals surface area contributed by atoms with Gasteiger partial charge < -0.3 is 14.6 Å². The van der Waals surface area contributed by atoms with Gasteiger partial charge in [-0.1, -0.05) is 0 Å². The van der Waals surface area contributed by atoms with Crippen molar-refractivity contribution in [1.29, 1.82) is 0 Å². The second-order valence-electron chi connectivity index (χ2n) is 6.14. The molecule has 0 fully saturated rings. The lowest BCUT2D eigenvalue weighted by molar-refractivity contribution is -0.133. The maximum atomic E-state index is 13.2. The highest BCUT2D eigenvalue weighted by atomic mass is 32.2. The number of hydrogen-bond acceptors (Lipinski definition) is 7. The highest BCUT2D eigenvalue weighted by Gasteiger charge is 2.41. The van der Waals surface area contributed by atoms with Crippen molar-refractivity contribution in [2.24, 2.45) is 0 Å². The van der Waals surface area contributed by atoms with Gasteiger partial charge in [-0.15, -0.1) is 0 Å². The molecule has 0 aliphatic carbocycles.